The lowest BCUT2D eigenvalue weighted by molar-refractivity contribution is 0.0499. The van der Waals surface area contributed by atoms with Crippen molar-refractivity contribution < 1.29 is 4.79 Å². The lowest BCUT2D eigenvalue weighted by atomic mass is 9.97. The highest BCUT2D eigenvalue weighted by Gasteiger charge is 2.34. The van der Waals surface area contributed by atoms with Gasteiger partial charge in [-0.15, -0.1) is 0 Å². The molecule has 1 aliphatic carbocycles. The predicted octanol–water partition coefficient (Wildman–Crippen LogP) is 2.81. The Morgan fingerprint density at radius 2 is 1.84 bits per heavy atom. The average Bonchev–Trinajstić information content (AvgIpc) is 3.12. The summed E-state index contributed by atoms with van der Waals surface area (Å²) in [7, 11) is 0. The molecule has 2 heterocycles. The molecule has 1 aliphatic heterocycles. The minimum Gasteiger partial charge on any atom is -0.397 e. The van der Waals surface area contributed by atoms with Crippen LogP contribution in [0.3, 0.4) is 0 Å². The topological polar surface area (TPSA) is 51.3 Å². The van der Waals surface area contributed by atoms with Gasteiger partial charge in [0.25, 0.3) is 5.91 Å². The van der Waals surface area contributed by atoms with Crippen LogP contribution in [0, 0.1) is 0 Å². The van der Waals surface area contributed by atoms with Crippen LogP contribution >= 0.6 is 0 Å². The van der Waals surface area contributed by atoms with Gasteiger partial charge < -0.3 is 15.2 Å². The van der Waals surface area contributed by atoms with Crippen LogP contribution in [-0.4, -0.2) is 27.5 Å². The normalized spacial score (nSPS) is 27.6. The van der Waals surface area contributed by atoms with Gasteiger partial charge in [0, 0.05) is 24.3 Å². The number of aromatic nitrogens is 1. The van der Waals surface area contributed by atoms with Gasteiger partial charge in [0.05, 0.1) is 5.69 Å². The van der Waals surface area contributed by atoms with Crippen molar-refractivity contribution in [2.24, 2.45) is 0 Å². The van der Waals surface area contributed by atoms with Crippen molar-refractivity contribution in [1.29, 1.82) is 0 Å². The van der Waals surface area contributed by atoms with Crippen LogP contribution in [0.5, 0.6) is 0 Å². The molecule has 2 aliphatic rings. The van der Waals surface area contributed by atoms with Crippen LogP contribution in [0.25, 0.3) is 0 Å². The molecule has 2 fully saturated rings. The molecule has 0 radical (unpaired) electrons. The predicted molar refractivity (Wildman–Crippen MR) is 76.1 cm³/mol. The number of nitrogen functional groups attached to an aromatic ring is 1. The van der Waals surface area contributed by atoms with Gasteiger partial charge >= 0.3 is 0 Å². The Morgan fingerprint density at radius 3 is 2.42 bits per heavy atom. The Hall–Kier alpha value is -1.45. The van der Waals surface area contributed by atoms with Crippen LogP contribution in [0.1, 0.15) is 62.5 Å². The van der Waals surface area contributed by atoms with Crippen LogP contribution in [0.2, 0.25) is 0 Å². The molecule has 2 unspecified atom stereocenters. The number of amides is 1. The third kappa shape index (κ3) is 2.24. The van der Waals surface area contributed by atoms with E-state index in [1.165, 1.54) is 19.3 Å². The quantitative estimate of drug-likeness (QED) is 0.890. The summed E-state index contributed by atoms with van der Waals surface area (Å²) in [6, 6.07) is 3.00. The lowest BCUT2D eigenvalue weighted by Gasteiger charge is -2.39. The van der Waals surface area contributed by atoms with E-state index in [1.807, 2.05) is 12.3 Å². The summed E-state index contributed by atoms with van der Waals surface area (Å²) in [4.78, 5) is 14.9. The number of carbonyl (C=O) groups excluding carboxylic acids is 1. The van der Waals surface area contributed by atoms with Crippen molar-refractivity contribution in [1.82, 2.24) is 9.47 Å². The fourth-order valence-electron chi connectivity index (χ4n) is 3.28. The minimum atomic E-state index is 0.156. The van der Waals surface area contributed by atoms with Gasteiger partial charge in [-0.3, -0.25) is 4.79 Å². The highest BCUT2D eigenvalue weighted by molar-refractivity contribution is 5.94. The molecule has 3 rings (SSSR count). The maximum absolute atomic E-state index is 12.8. The van der Waals surface area contributed by atoms with Crippen LogP contribution in [0.15, 0.2) is 12.3 Å². The van der Waals surface area contributed by atoms with Gasteiger partial charge in [-0.2, -0.15) is 0 Å². The summed E-state index contributed by atoms with van der Waals surface area (Å²) in [6.45, 7) is 4.31. The van der Waals surface area contributed by atoms with E-state index in [4.69, 9.17) is 5.73 Å². The minimum absolute atomic E-state index is 0.156. The molecule has 1 saturated heterocycles. The monoisotopic (exact) mass is 261 g/mol. The third-order valence-electron chi connectivity index (χ3n) is 4.46. The van der Waals surface area contributed by atoms with E-state index in [0.29, 0.717) is 23.8 Å². The summed E-state index contributed by atoms with van der Waals surface area (Å²) in [5.74, 6) is 0.156. The summed E-state index contributed by atoms with van der Waals surface area (Å²) >= 11 is 0. The van der Waals surface area contributed by atoms with Gasteiger partial charge in [-0.05, 0) is 52.0 Å². The van der Waals surface area contributed by atoms with Gasteiger partial charge in [0.2, 0.25) is 0 Å². The van der Waals surface area contributed by atoms with E-state index in [2.05, 4.69) is 23.3 Å². The van der Waals surface area contributed by atoms with E-state index in [0.717, 1.165) is 18.5 Å². The SMILES string of the molecule is CC1CCCC(C)N1C(=O)c1cc(N)cn1C1CC1. The van der Waals surface area contributed by atoms with Gasteiger partial charge in [0.15, 0.2) is 0 Å². The number of rotatable bonds is 2. The highest BCUT2D eigenvalue weighted by Crippen LogP contribution is 2.38. The van der Waals surface area contributed by atoms with Gasteiger partial charge in [-0.1, -0.05) is 0 Å². The fraction of sp³-hybridized carbons (Fsp3) is 0.667. The van der Waals surface area contributed by atoms with Crippen molar-refractivity contribution in [2.75, 3.05) is 5.73 Å². The lowest BCUT2D eigenvalue weighted by Crippen LogP contribution is -2.48. The first-order valence-corrected chi connectivity index (χ1v) is 7.38. The maximum Gasteiger partial charge on any atom is 0.271 e. The Labute approximate surface area is 114 Å². The second-order valence-corrected chi connectivity index (χ2v) is 6.14. The van der Waals surface area contributed by atoms with Crippen molar-refractivity contribution >= 4 is 11.6 Å². The van der Waals surface area contributed by atoms with Gasteiger partial charge in [-0.25, -0.2) is 0 Å². The molecule has 0 spiro atoms. The Morgan fingerprint density at radius 1 is 1.21 bits per heavy atom. The molecule has 4 heteroatoms. The van der Waals surface area contributed by atoms with Crippen molar-refractivity contribution in [3.05, 3.63) is 18.0 Å². The van der Waals surface area contributed by atoms with E-state index in [-0.39, 0.29) is 5.91 Å². The summed E-state index contributed by atoms with van der Waals surface area (Å²) < 4.78 is 2.09. The molecule has 1 aromatic heterocycles. The molecular formula is C15H23N3O. The van der Waals surface area contributed by atoms with Crippen molar-refractivity contribution in [3.8, 4) is 0 Å². The molecule has 2 atom stereocenters. The number of nitrogens with two attached hydrogens (primary N) is 1. The number of nitrogens with zero attached hydrogens (tertiary/aromatic N) is 2. The molecule has 19 heavy (non-hydrogen) atoms. The largest absolute Gasteiger partial charge is 0.397 e. The Bertz CT molecular complexity index is 480. The van der Waals surface area contributed by atoms with E-state index in [9.17, 15) is 4.79 Å². The van der Waals surface area contributed by atoms with Crippen molar-refractivity contribution in [2.45, 2.75) is 64.1 Å². The fourth-order valence-corrected chi connectivity index (χ4v) is 3.28. The zero-order valence-electron chi connectivity index (χ0n) is 11.8. The Kier molecular flexibility index (Phi) is 3.03. The van der Waals surface area contributed by atoms with Gasteiger partial charge in [0.1, 0.15) is 5.69 Å². The molecule has 104 valence electrons. The molecule has 1 aromatic rings. The summed E-state index contributed by atoms with van der Waals surface area (Å²) in [5, 5.41) is 0. The molecule has 1 amide bonds. The number of carbonyl (C=O) groups is 1. The highest BCUT2D eigenvalue weighted by atomic mass is 16.2. The molecule has 4 nitrogen and oxygen atoms in total. The van der Waals surface area contributed by atoms with E-state index in [1.54, 1.807) is 0 Å². The smallest absolute Gasteiger partial charge is 0.271 e. The number of hydrogen-bond acceptors (Lipinski definition) is 2. The number of piperidine rings is 1. The summed E-state index contributed by atoms with van der Waals surface area (Å²) in [6.07, 6.45) is 7.69. The zero-order chi connectivity index (χ0) is 13.6. The number of likely N-dealkylation sites (tertiary alicyclic amines) is 1. The standard InChI is InChI=1S/C15H23N3O/c1-10-4-3-5-11(2)18(10)15(19)14-8-12(16)9-17(14)13-6-7-13/h8-11,13H,3-7,16H2,1-2H3. The Balaban J connectivity index is 1.90. The van der Waals surface area contributed by atoms with Crippen LogP contribution in [-0.2, 0) is 0 Å². The molecule has 1 saturated carbocycles. The average molecular weight is 261 g/mol. The summed E-state index contributed by atoms with van der Waals surface area (Å²) in [5.41, 5.74) is 7.37. The van der Waals surface area contributed by atoms with E-state index >= 15 is 0 Å². The molecule has 0 bridgehead atoms. The molecule has 0 aromatic carbocycles. The third-order valence-corrected chi connectivity index (χ3v) is 4.46. The first kappa shape index (κ1) is 12.6. The van der Waals surface area contributed by atoms with E-state index < -0.39 is 0 Å². The zero-order valence-corrected chi connectivity index (χ0v) is 11.8. The first-order chi connectivity index (χ1) is 9.08. The number of anilines is 1. The van der Waals surface area contributed by atoms with Crippen LogP contribution < -0.4 is 5.73 Å². The molecule has 2 N–H and O–H groups in total. The maximum atomic E-state index is 12.8. The van der Waals surface area contributed by atoms with Crippen LogP contribution in [0.4, 0.5) is 5.69 Å². The van der Waals surface area contributed by atoms with Crippen molar-refractivity contribution in [3.63, 3.8) is 0 Å². The number of hydrogen-bond donors (Lipinski definition) is 1. The molecular weight excluding hydrogens is 238 g/mol. The second kappa shape index (κ2) is 4.58. The second-order valence-electron chi connectivity index (χ2n) is 6.14. The first-order valence-electron chi connectivity index (χ1n) is 7.38.